The smallest absolute Gasteiger partial charge is 0.330 e. The number of aromatic amines is 1. The highest BCUT2D eigenvalue weighted by molar-refractivity contribution is 7.68. The average molecular weight is 880 g/mol. The summed E-state index contributed by atoms with van der Waals surface area (Å²) in [7, 11) is -25.3. The van der Waals surface area contributed by atoms with Crippen molar-refractivity contribution < 1.29 is 84.6 Å². The van der Waals surface area contributed by atoms with Gasteiger partial charge in [0.25, 0.3) is 36.9 Å². The van der Waals surface area contributed by atoms with E-state index in [0.29, 0.717) is 0 Å². The Morgan fingerprint density at radius 1 is 0.836 bits per heavy atom. The molecule has 35 heteroatoms. The molecule has 55 heavy (non-hydrogen) atoms. The highest BCUT2D eigenvalue weighted by Gasteiger charge is 2.45. The number of phosphoric acid groups is 4. The Bertz CT molecular complexity index is 2100. The summed E-state index contributed by atoms with van der Waals surface area (Å²) in [5, 5.41) is 31.0. The van der Waals surface area contributed by atoms with Crippen LogP contribution in [0.5, 0.6) is 0 Å². The van der Waals surface area contributed by atoms with Crippen LogP contribution in [0.2, 0.25) is 0 Å². The van der Waals surface area contributed by atoms with E-state index in [4.69, 9.17) is 15.2 Å². The minimum absolute atomic E-state index is 0. The molecule has 0 spiro atoms. The van der Waals surface area contributed by atoms with Gasteiger partial charge >= 0.3 is 5.69 Å². The first kappa shape index (κ1) is 50.2. The highest BCUT2D eigenvalue weighted by Crippen LogP contribution is 2.66. The van der Waals surface area contributed by atoms with Crippen molar-refractivity contribution in [2.75, 3.05) is 18.9 Å². The van der Waals surface area contributed by atoms with Gasteiger partial charge in [-0.1, -0.05) is 0 Å². The molecule has 2 aliphatic rings. The van der Waals surface area contributed by atoms with Crippen LogP contribution in [0, 0.1) is 6.92 Å². The first-order chi connectivity index (χ1) is 23.6. The van der Waals surface area contributed by atoms with Crippen molar-refractivity contribution in [2.24, 2.45) is 0 Å². The highest BCUT2D eigenvalue weighted by atomic mass is 31.3. The molecule has 2 saturated heterocycles. The van der Waals surface area contributed by atoms with Gasteiger partial charge in [-0.15, -0.1) is 0 Å². The summed E-state index contributed by atoms with van der Waals surface area (Å²) < 4.78 is 80.5. The fourth-order valence-corrected chi connectivity index (χ4v) is 9.51. The van der Waals surface area contributed by atoms with Gasteiger partial charge in [0.15, 0.2) is 17.7 Å². The quantitative estimate of drug-likeness (QED) is 0.0728. The number of aryl methyl sites for hydroxylation is 1. The molecule has 4 unspecified atom stereocenters. The Labute approximate surface area is 307 Å². The van der Waals surface area contributed by atoms with Gasteiger partial charge in [0.1, 0.15) is 42.5 Å². The number of quaternary nitrogens is 4. The normalized spacial score (nSPS) is 27.9. The number of nitrogens with two attached hydrogens (primary N) is 1. The summed E-state index contributed by atoms with van der Waals surface area (Å²) in [4.78, 5) is 85.7. The number of nitrogens with one attached hydrogen (secondary N) is 1. The zero-order chi connectivity index (χ0) is 37.7. The predicted molar refractivity (Wildman–Crippen MR) is 176 cm³/mol. The molecule has 2 aliphatic heterocycles. The van der Waals surface area contributed by atoms with Gasteiger partial charge in [0.05, 0.1) is 25.6 Å². The molecule has 22 N–H and O–H groups in total. The lowest BCUT2D eigenvalue weighted by Gasteiger charge is -2.36. The van der Waals surface area contributed by atoms with Gasteiger partial charge in [-0.2, -0.15) is 0 Å². The van der Waals surface area contributed by atoms with E-state index in [1.165, 1.54) is 6.92 Å². The second kappa shape index (κ2) is 18.7. The van der Waals surface area contributed by atoms with Crippen molar-refractivity contribution in [3.63, 3.8) is 0 Å². The van der Waals surface area contributed by atoms with Crippen LogP contribution in [0.25, 0.3) is 11.2 Å². The van der Waals surface area contributed by atoms with Gasteiger partial charge in [-0.25, -0.2) is 32.7 Å². The second-order valence-electron chi connectivity index (χ2n) is 10.7. The molecule has 3 aromatic rings. The Morgan fingerprint density at radius 2 is 1.38 bits per heavy atom. The predicted octanol–water partition coefficient (Wildman–Crippen LogP) is -3.00. The molecule has 0 saturated carbocycles. The topological polar surface area (TPSA) is 556 Å². The van der Waals surface area contributed by atoms with Gasteiger partial charge in [-0.3, -0.25) is 37.2 Å². The third kappa shape index (κ3) is 11.9. The maximum Gasteiger partial charge on any atom is 0.330 e. The molecule has 0 aromatic carbocycles. The summed E-state index contributed by atoms with van der Waals surface area (Å²) in [5.41, 5.74) is 4.31. The Hall–Kier alpha value is -2.77. The van der Waals surface area contributed by atoms with Crippen LogP contribution in [-0.2, 0) is 49.7 Å². The number of nitrogens with zero attached hydrogens (tertiary/aromatic N) is 5. The summed E-state index contributed by atoms with van der Waals surface area (Å²) in [6, 6.07) is 0. The number of H-pyrrole nitrogens is 1. The number of hydrogen-bond acceptors (Lipinski definition) is 24. The van der Waals surface area contributed by atoms with Gasteiger partial charge in [-0.05, 0) is 6.92 Å². The van der Waals surface area contributed by atoms with E-state index in [9.17, 15) is 62.7 Å². The van der Waals surface area contributed by atoms with Crippen molar-refractivity contribution in [1.29, 1.82) is 0 Å². The lowest BCUT2D eigenvalue weighted by molar-refractivity contribution is -0.255. The molecule has 0 aliphatic carbocycles. The lowest BCUT2D eigenvalue weighted by Crippen LogP contribution is -2.34. The largest absolute Gasteiger partial charge is 0.756 e. The van der Waals surface area contributed by atoms with E-state index in [0.717, 1.165) is 28.0 Å². The van der Waals surface area contributed by atoms with E-state index in [1.807, 2.05) is 4.98 Å². The Morgan fingerprint density at radius 3 is 1.96 bits per heavy atom. The number of nitrogen functional groups attached to an aromatic ring is 1. The number of anilines is 1. The molecule has 0 amide bonds. The third-order valence-electron chi connectivity index (χ3n) is 7.05. The molecule has 5 heterocycles. The number of aliphatic hydroxyl groups is 3. The number of ether oxygens (including phenoxy) is 2. The third-order valence-corrected chi connectivity index (χ3v) is 12.8. The van der Waals surface area contributed by atoms with Gasteiger partial charge < -0.3 is 83.8 Å². The zero-order valence-corrected chi connectivity index (χ0v) is 32.9. The minimum Gasteiger partial charge on any atom is -0.756 e. The maximum absolute atomic E-state index is 12.2. The van der Waals surface area contributed by atoms with Crippen molar-refractivity contribution in [3.8, 4) is 0 Å². The molecule has 316 valence electrons. The molecule has 2 fully saturated rings. The van der Waals surface area contributed by atoms with Crippen LogP contribution in [-0.4, -0.2) is 88.1 Å². The number of aromatic nitrogens is 6. The van der Waals surface area contributed by atoms with Crippen molar-refractivity contribution in [3.05, 3.63) is 45.3 Å². The summed E-state index contributed by atoms with van der Waals surface area (Å²) in [5.74, 6) is -0.0363. The fraction of sp³-hybridized carbons (Fsp3) is 0.550. The van der Waals surface area contributed by atoms with Crippen molar-refractivity contribution in [2.45, 2.75) is 56.3 Å². The molecule has 11 atom stereocenters. The number of rotatable bonds is 14. The Balaban J connectivity index is 0.00000378. The van der Waals surface area contributed by atoms with Crippen LogP contribution in [0.4, 0.5) is 5.82 Å². The number of hydrogen-bond donors (Lipinski definition) is 9. The molecular formula is C20H41N11O20P4. The fourth-order valence-electron chi connectivity index (χ4n) is 4.76. The van der Waals surface area contributed by atoms with Gasteiger partial charge in [0.2, 0.25) is 0 Å². The molecular weight excluding hydrogens is 838 g/mol. The minimum atomic E-state index is -6.58. The molecule has 3 aromatic heterocycles. The first-order valence-electron chi connectivity index (χ1n) is 13.8. The van der Waals surface area contributed by atoms with E-state index >= 15 is 0 Å². The summed E-state index contributed by atoms with van der Waals surface area (Å²) >= 11 is 0. The van der Waals surface area contributed by atoms with Crippen molar-refractivity contribution >= 4 is 48.3 Å². The first-order valence-corrected chi connectivity index (χ1v) is 19.7. The monoisotopic (exact) mass is 879 g/mol. The van der Waals surface area contributed by atoms with Crippen LogP contribution in [0.3, 0.4) is 0 Å². The molecule has 0 radical (unpaired) electrons. The summed E-state index contributed by atoms with van der Waals surface area (Å²) in [6.45, 7) is -1.00. The average Bonchev–Trinajstić information content (AvgIpc) is 3.67. The molecule has 5 rings (SSSR count). The van der Waals surface area contributed by atoms with Crippen LogP contribution < -0.4 is 61.2 Å². The lowest BCUT2D eigenvalue weighted by atomic mass is 10.1. The van der Waals surface area contributed by atoms with Crippen LogP contribution >= 0.6 is 31.3 Å². The SMILES string of the molecule is Cc1cn([C@H]2C[C@H](O)[C@@H](COP(=O)([O-])OP(=O)([O-])OP(=O)([O-])OP(=O)([O-])OC[C@H]3O[C@@H](n4cnc5c(N)ncnc54)[C@H](O)[C@@H]3O)O2)c(=O)[nH]c1=O.[NH4+].[NH4+].[NH4+].[NH4+]. The number of aliphatic hydroxyl groups excluding tert-OH is 3. The maximum atomic E-state index is 12.2. The molecule has 0 bridgehead atoms. The van der Waals surface area contributed by atoms with Crippen LogP contribution in [0.15, 0.2) is 28.4 Å². The van der Waals surface area contributed by atoms with E-state index < -0.39 is 98.7 Å². The van der Waals surface area contributed by atoms with E-state index in [1.54, 1.807) is 0 Å². The van der Waals surface area contributed by atoms with Gasteiger partial charge in [0, 0.05) is 18.2 Å². The zero-order valence-electron chi connectivity index (χ0n) is 29.3. The van der Waals surface area contributed by atoms with Crippen molar-refractivity contribution in [1.82, 2.24) is 53.7 Å². The number of phosphoric ester groups is 2. The number of imidazole rings is 1. The van der Waals surface area contributed by atoms with Crippen LogP contribution in [0.1, 0.15) is 24.4 Å². The summed E-state index contributed by atoms with van der Waals surface area (Å²) in [6.07, 6.45) is -8.05. The number of fused-ring (bicyclic) bond motifs is 1. The molecule has 31 nitrogen and oxygen atoms in total. The second-order valence-corrected chi connectivity index (χ2v) is 16.7. The Kier molecular flexibility index (Phi) is 17.0. The van der Waals surface area contributed by atoms with E-state index in [2.05, 4.69) is 36.9 Å². The van der Waals surface area contributed by atoms with E-state index in [-0.39, 0.29) is 53.6 Å². The standard InChI is InChI=1S/C20H29N7O20P4.4H3N/c1-8-3-26(20(32)25-18(8)31)12-2-9(28)10(43-12)4-41-48(33,34)45-50(37,38)47-51(39,40)46-49(35,36)42-5-11-14(29)15(30)19(44-11)27-7-24-13-16(21)22-6-23-17(13)27;;;;/h3,6-7,9-12,14-15,19,28-30H,2,4-5H2,1H3,(H,33,34)(H,35,36)(H,37,38)(H,39,40)(H2,21,22,23)(H,25,31,32);4*1H3/t9-,10+,11+,12+,14+,15+,19+;;;;/m0..../s1.